The summed E-state index contributed by atoms with van der Waals surface area (Å²) in [5, 5.41) is 0. The van der Waals surface area contributed by atoms with Crippen molar-refractivity contribution in [3.8, 4) is 0 Å². The molecule has 0 bridgehead atoms. The van der Waals surface area contributed by atoms with E-state index in [1.807, 2.05) is 22.6 Å². The van der Waals surface area contributed by atoms with Gasteiger partial charge in [-0.25, -0.2) is 4.98 Å². The Morgan fingerprint density at radius 1 is 1.75 bits per heavy atom. The second kappa shape index (κ2) is 2.39. The Labute approximate surface area is 60.1 Å². The Hall–Kier alpha value is -0.190. The molecule has 0 atom stereocenters. The first-order valence-electron chi connectivity index (χ1n) is 1.98. The van der Waals surface area contributed by atoms with Gasteiger partial charge in [-0.2, -0.15) is 4.39 Å². The van der Waals surface area contributed by atoms with Crippen molar-refractivity contribution in [2.45, 2.75) is 0 Å². The Bertz CT molecular complexity index is 172. The van der Waals surface area contributed by atoms with Crippen LogP contribution in [0.15, 0.2) is 12.3 Å². The molecule has 0 saturated heterocycles. The maximum atomic E-state index is 12.0. The van der Waals surface area contributed by atoms with E-state index in [0.717, 1.165) is 3.57 Å². The number of aromatic nitrogens is 1. The van der Waals surface area contributed by atoms with Gasteiger partial charge in [0.15, 0.2) is 0 Å². The summed E-state index contributed by atoms with van der Waals surface area (Å²) in [7, 11) is 0. The van der Waals surface area contributed by atoms with E-state index in [-0.39, 0.29) is 0 Å². The van der Waals surface area contributed by atoms with E-state index in [9.17, 15) is 4.39 Å². The molecule has 0 aliphatic carbocycles. The predicted octanol–water partition coefficient (Wildman–Crippen LogP) is 1.63. The van der Waals surface area contributed by atoms with Gasteiger partial charge in [0.05, 0.1) is 0 Å². The molecule has 0 unspecified atom stereocenters. The lowest BCUT2D eigenvalue weighted by Crippen LogP contribution is -1.80. The molecule has 0 fully saturated rings. The average molecular weight is 222 g/mol. The average Bonchev–Trinajstić information content (AvgIpc) is 1.64. The van der Waals surface area contributed by atoms with Crippen molar-refractivity contribution in [3.63, 3.8) is 0 Å². The van der Waals surface area contributed by atoms with E-state index in [1.54, 1.807) is 0 Å². The molecule has 1 heterocycles. The van der Waals surface area contributed by atoms with Gasteiger partial charge in [-0.05, 0) is 22.6 Å². The quantitative estimate of drug-likeness (QED) is 0.480. The van der Waals surface area contributed by atoms with Gasteiger partial charge in [0, 0.05) is 21.9 Å². The molecule has 1 rings (SSSR count). The van der Waals surface area contributed by atoms with E-state index in [4.69, 9.17) is 0 Å². The second-order valence-electron chi connectivity index (χ2n) is 1.22. The molecule has 0 saturated carbocycles. The van der Waals surface area contributed by atoms with Crippen LogP contribution in [-0.4, -0.2) is 4.98 Å². The Morgan fingerprint density at radius 3 is 2.88 bits per heavy atom. The highest BCUT2D eigenvalue weighted by molar-refractivity contribution is 14.1. The Kier molecular flexibility index (Phi) is 1.77. The van der Waals surface area contributed by atoms with Crippen molar-refractivity contribution in [2.75, 3.05) is 0 Å². The predicted molar refractivity (Wildman–Crippen MR) is 35.7 cm³/mol. The summed E-state index contributed by atoms with van der Waals surface area (Å²) >= 11 is 1.97. The third-order valence-corrected chi connectivity index (χ3v) is 1.26. The highest BCUT2D eigenvalue weighted by Gasteiger charge is 1.88. The monoisotopic (exact) mass is 222 g/mol. The molecular formula is C5H2FIN. The topological polar surface area (TPSA) is 12.9 Å². The maximum Gasteiger partial charge on any atom is 0.213 e. The first-order chi connectivity index (χ1) is 3.79. The first kappa shape index (κ1) is 5.94. The molecule has 8 heavy (non-hydrogen) atoms. The largest absolute Gasteiger partial charge is 0.228 e. The third kappa shape index (κ3) is 1.40. The fourth-order valence-corrected chi connectivity index (χ4v) is 0.735. The van der Waals surface area contributed by atoms with Gasteiger partial charge >= 0.3 is 0 Å². The molecule has 0 aliphatic heterocycles. The van der Waals surface area contributed by atoms with Crippen LogP contribution in [0.3, 0.4) is 0 Å². The number of nitrogens with zero attached hydrogens (tertiary/aromatic N) is 1. The standard InChI is InChI=1S/C5H2FIN/c6-5-3-4(7)1-2-8-5/h2-3H. The van der Waals surface area contributed by atoms with E-state index in [2.05, 4.69) is 11.1 Å². The number of rotatable bonds is 0. The summed E-state index contributed by atoms with van der Waals surface area (Å²) in [5.74, 6) is -0.451. The Balaban J connectivity index is 3.08. The van der Waals surface area contributed by atoms with Gasteiger partial charge in [-0.15, -0.1) is 0 Å². The lowest BCUT2D eigenvalue weighted by molar-refractivity contribution is 0.582. The van der Waals surface area contributed by atoms with Crippen molar-refractivity contribution in [1.29, 1.82) is 0 Å². The number of hydrogen-bond acceptors (Lipinski definition) is 1. The molecule has 0 aromatic carbocycles. The molecular weight excluding hydrogens is 220 g/mol. The normalized spacial score (nSPS) is 9.25. The molecule has 0 aliphatic rings. The van der Waals surface area contributed by atoms with Crippen LogP contribution in [0.1, 0.15) is 0 Å². The van der Waals surface area contributed by atoms with Crippen molar-refractivity contribution < 1.29 is 4.39 Å². The first-order valence-corrected chi connectivity index (χ1v) is 3.05. The van der Waals surface area contributed by atoms with Gasteiger partial charge in [-0.3, -0.25) is 0 Å². The molecule has 3 heteroatoms. The summed E-state index contributed by atoms with van der Waals surface area (Å²) in [6, 6.07) is 4.03. The van der Waals surface area contributed by atoms with Crippen molar-refractivity contribution in [3.05, 3.63) is 27.8 Å². The zero-order valence-electron chi connectivity index (χ0n) is 3.86. The van der Waals surface area contributed by atoms with Crippen LogP contribution in [0.25, 0.3) is 0 Å². The maximum absolute atomic E-state index is 12.0. The minimum atomic E-state index is -0.451. The van der Waals surface area contributed by atoms with Gasteiger partial charge in [0.1, 0.15) is 0 Å². The van der Waals surface area contributed by atoms with E-state index < -0.39 is 5.95 Å². The van der Waals surface area contributed by atoms with Crippen molar-refractivity contribution >= 4 is 22.6 Å². The van der Waals surface area contributed by atoms with Crippen LogP contribution in [0, 0.1) is 15.6 Å². The molecule has 1 nitrogen and oxygen atoms in total. The van der Waals surface area contributed by atoms with Crippen molar-refractivity contribution in [2.24, 2.45) is 0 Å². The molecule has 41 valence electrons. The molecule has 0 amide bonds. The molecule has 1 radical (unpaired) electrons. The number of pyridine rings is 1. The van der Waals surface area contributed by atoms with Crippen LogP contribution in [0.4, 0.5) is 4.39 Å². The van der Waals surface area contributed by atoms with E-state index in [1.165, 1.54) is 12.3 Å². The fraction of sp³-hybridized carbons (Fsp3) is 0. The van der Waals surface area contributed by atoms with Crippen LogP contribution in [0.2, 0.25) is 0 Å². The van der Waals surface area contributed by atoms with Crippen LogP contribution >= 0.6 is 22.6 Å². The van der Waals surface area contributed by atoms with Crippen LogP contribution in [0.5, 0.6) is 0 Å². The smallest absolute Gasteiger partial charge is 0.213 e. The number of halogens is 2. The zero-order valence-corrected chi connectivity index (χ0v) is 6.02. The van der Waals surface area contributed by atoms with E-state index >= 15 is 0 Å². The lowest BCUT2D eigenvalue weighted by Gasteiger charge is -1.84. The molecule has 1 aromatic heterocycles. The zero-order chi connectivity index (χ0) is 5.98. The minimum Gasteiger partial charge on any atom is -0.228 e. The van der Waals surface area contributed by atoms with Crippen LogP contribution < -0.4 is 0 Å². The SMILES string of the molecule is Fc1cc(I)[c]cn1. The van der Waals surface area contributed by atoms with Gasteiger partial charge in [-0.1, -0.05) is 0 Å². The van der Waals surface area contributed by atoms with Crippen LogP contribution in [-0.2, 0) is 0 Å². The van der Waals surface area contributed by atoms with Gasteiger partial charge in [0.2, 0.25) is 5.95 Å². The molecule has 0 N–H and O–H groups in total. The highest BCUT2D eigenvalue weighted by Crippen LogP contribution is 2.01. The Morgan fingerprint density at radius 2 is 2.50 bits per heavy atom. The summed E-state index contributed by atoms with van der Waals surface area (Å²) in [4.78, 5) is 3.31. The van der Waals surface area contributed by atoms with Crippen molar-refractivity contribution in [1.82, 2.24) is 4.98 Å². The summed E-state index contributed by atoms with van der Waals surface area (Å²) in [6.45, 7) is 0. The molecule has 1 aromatic rings. The lowest BCUT2D eigenvalue weighted by atomic mass is 10.5. The van der Waals surface area contributed by atoms with Gasteiger partial charge < -0.3 is 0 Å². The fourth-order valence-electron chi connectivity index (χ4n) is 0.339. The molecule has 0 spiro atoms. The third-order valence-electron chi connectivity index (χ3n) is 0.636. The highest BCUT2D eigenvalue weighted by atomic mass is 127. The minimum absolute atomic E-state index is 0.451. The van der Waals surface area contributed by atoms with E-state index in [0.29, 0.717) is 0 Å². The second-order valence-corrected chi connectivity index (χ2v) is 2.38. The summed E-state index contributed by atoms with van der Waals surface area (Å²) in [6.07, 6.45) is 1.32. The summed E-state index contributed by atoms with van der Waals surface area (Å²) < 4.78 is 12.8. The summed E-state index contributed by atoms with van der Waals surface area (Å²) in [5.41, 5.74) is 0. The van der Waals surface area contributed by atoms with Gasteiger partial charge in [0.25, 0.3) is 0 Å². The number of hydrogen-bond donors (Lipinski definition) is 0.